The molecule has 6 rings (SSSR count). The molecule has 2 aliphatic heterocycles. The molecular weight excluding hydrogens is 356 g/mol. The Morgan fingerprint density at radius 3 is 2.24 bits per heavy atom. The molecule has 3 fully saturated rings. The fraction of sp³-hybridized carbons (Fsp3) is 0.462. The average Bonchev–Trinajstić information content (AvgIpc) is 3.30. The highest BCUT2D eigenvalue weighted by atomic mass is 16.5. The van der Waals surface area contributed by atoms with Crippen LogP contribution in [0.1, 0.15) is 31.2 Å². The molecule has 0 radical (unpaired) electrons. The molecule has 0 N–H and O–H groups in total. The Labute approximate surface area is 174 Å². The summed E-state index contributed by atoms with van der Waals surface area (Å²) in [4.78, 5) is 5.32. The van der Waals surface area contributed by atoms with Crippen molar-refractivity contribution in [3.63, 3.8) is 0 Å². The van der Waals surface area contributed by atoms with Gasteiger partial charge in [-0.25, -0.2) is 0 Å². The molecule has 2 saturated carbocycles. The highest BCUT2D eigenvalue weighted by Crippen LogP contribution is 2.53. The van der Waals surface area contributed by atoms with Crippen molar-refractivity contribution in [1.82, 2.24) is 4.90 Å². The number of rotatable bonds is 2. The fourth-order valence-electron chi connectivity index (χ4n) is 6.36. The first-order valence-electron chi connectivity index (χ1n) is 11.3. The summed E-state index contributed by atoms with van der Waals surface area (Å²) in [5, 5.41) is 0. The summed E-state index contributed by atoms with van der Waals surface area (Å²) in [6, 6.07) is 20.1. The number of hydrogen-bond donors (Lipinski definition) is 0. The molecule has 2 atom stereocenters. The minimum absolute atomic E-state index is 0.0410. The normalized spacial score (nSPS) is 33.5. The number of anilines is 1. The lowest BCUT2D eigenvalue weighted by Crippen LogP contribution is -2.50. The molecule has 4 aliphatic rings. The Morgan fingerprint density at radius 2 is 1.48 bits per heavy atom. The first-order chi connectivity index (χ1) is 14.3. The van der Waals surface area contributed by atoms with E-state index in [1.54, 1.807) is 0 Å². The van der Waals surface area contributed by atoms with Crippen LogP contribution in [0.5, 0.6) is 5.75 Å². The second-order valence-corrected chi connectivity index (χ2v) is 9.45. The van der Waals surface area contributed by atoms with Crippen LogP contribution in [0.15, 0.2) is 60.7 Å². The van der Waals surface area contributed by atoms with Crippen molar-refractivity contribution in [2.75, 3.05) is 31.1 Å². The zero-order chi connectivity index (χ0) is 19.3. The van der Waals surface area contributed by atoms with Crippen LogP contribution in [-0.2, 0) is 0 Å². The summed E-state index contributed by atoms with van der Waals surface area (Å²) < 4.78 is 6.55. The average molecular weight is 387 g/mol. The van der Waals surface area contributed by atoms with Crippen molar-refractivity contribution in [1.29, 1.82) is 0 Å². The Bertz CT molecular complexity index is 886. The monoisotopic (exact) mass is 386 g/mol. The van der Waals surface area contributed by atoms with E-state index >= 15 is 0 Å². The third kappa shape index (κ3) is 3.16. The Hall–Kier alpha value is -2.26. The summed E-state index contributed by atoms with van der Waals surface area (Å²) in [6.07, 6.45) is 9.76. The Morgan fingerprint density at radius 1 is 0.793 bits per heavy atom. The van der Waals surface area contributed by atoms with Crippen LogP contribution in [0.2, 0.25) is 0 Å². The summed E-state index contributed by atoms with van der Waals surface area (Å²) in [5.74, 6) is 2.72. The number of ether oxygens (including phenoxy) is 1. The molecule has 1 spiro atoms. The van der Waals surface area contributed by atoms with E-state index in [0.717, 1.165) is 36.7 Å². The fourth-order valence-corrected chi connectivity index (χ4v) is 6.36. The molecule has 29 heavy (non-hydrogen) atoms. The highest BCUT2D eigenvalue weighted by molar-refractivity contribution is 5.61. The van der Waals surface area contributed by atoms with Crippen LogP contribution < -0.4 is 9.64 Å². The van der Waals surface area contributed by atoms with E-state index in [0.29, 0.717) is 0 Å². The van der Waals surface area contributed by atoms with Crippen molar-refractivity contribution >= 4 is 11.8 Å². The molecule has 0 amide bonds. The molecule has 0 bridgehead atoms. The molecule has 3 heteroatoms. The Balaban J connectivity index is 1.07. The van der Waals surface area contributed by atoms with Gasteiger partial charge >= 0.3 is 0 Å². The molecule has 2 aromatic rings. The maximum atomic E-state index is 6.55. The predicted octanol–water partition coefficient (Wildman–Crippen LogP) is 4.84. The van der Waals surface area contributed by atoms with Gasteiger partial charge in [0, 0.05) is 43.5 Å². The van der Waals surface area contributed by atoms with E-state index in [-0.39, 0.29) is 5.60 Å². The molecule has 2 aromatic carbocycles. The summed E-state index contributed by atoms with van der Waals surface area (Å²) in [6.45, 7) is 4.71. The first-order valence-corrected chi connectivity index (χ1v) is 11.3. The van der Waals surface area contributed by atoms with Gasteiger partial charge in [-0.1, -0.05) is 42.5 Å². The summed E-state index contributed by atoms with van der Waals surface area (Å²) in [7, 11) is 0. The van der Waals surface area contributed by atoms with Crippen molar-refractivity contribution < 1.29 is 4.74 Å². The molecule has 0 aromatic heterocycles. The lowest BCUT2D eigenvalue weighted by atomic mass is 9.92. The van der Waals surface area contributed by atoms with Gasteiger partial charge < -0.3 is 9.64 Å². The number of benzene rings is 2. The van der Waals surface area contributed by atoms with Gasteiger partial charge in [0.05, 0.1) is 0 Å². The number of para-hydroxylation sites is 2. The highest BCUT2D eigenvalue weighted by Gasteiger charge is 2.51. The summed E-state index contributed by atoms with van der Waals surface area (Å²) >= 11 is 0. The van der Waals surface area contributed by atoms with E-state index in [9.17, 15) is 0 Å². The van der Waals surface area contributed by atoms with E-state index in [1.807, 2.05) is 0 Å². The molecule has 2 heterocycles. The zero-order valence-electron chi connectivity index (χ0n) is 17.0. The topological polar surface area (TPSA) is 15.7 Å². The van der Waals surface area contributed by atoms with Gasteiger partial charge in [0.15, 0.2) is 0 Å². The maximum Gasteiger partial charge on any atom is 0.128 e. The second kappa shape index (κ2) is 6.91. The largest absolute Gasteiger partial charge is 0.483 e. The minimum Gasteiger partial charge on any atom is -0.483 e. The lowest BCUT2D eigenvalue weighted by Gasteiger charge is -2.40. The van der Waals surface area contributed by atoms with Gasteiger partial charge in [-0.2, -0.15) is 0 Å². The van der Waals surface area contributed by atoms with E-state index in [1.165, 1.54) is 50.0 Å². The van der Waals surface area contributed by atoms with E-state index in [4.69, 9.17) is 4.74 Å². The van der Waals surface area contributed by atoms with E-state index < -0.39 is 0 Å². The molecule has 3 nitrogen and oxygen atoms in total. The van der Waals surface area contributed by atoms with Crippen LogP contribution in [0.4, 0.5) is 5.69 Å². The maximum absolute atomic E-state index is 6.55. The number of hydrogen-bond acceptors (Lipinski definition) is 3. The van der Waals surface area contributed by atoms with Gasteiger partial charge in [-0.05, 0) is 61.8 Å². The summed E-state index contributed by atoms with van der Waals surface area (Å²) in [5.41, 5.74) is 2.56. The molecule has 1 saturated heterocycles. The van der Waals surface area contributed by atoms with Gasteiger partial charge in [-0.3, -0.25) is 4.90 Å². The molecule has 2 aliphatic carbocycles. The third-order valence-corrected chi connectivity index (χ3v) is 7.78. The van der Waals surface area contributed by atoms with Crippen LogP contribution in [-0.4, -0.2) is 42.7 Å². The van der Waals surface area contributed by atoms with Gasteiger partial charge in [-0.15, -0.1) is 0 Å². The zero-order valence-corrected chi connectivity index (χ0v) is 17.0. The molecule has 2 unspecified atom stereocenters. The second-order valence-electron chi connectivity index (χ2n) is 9.45. The van der Waals surface area contributed by atoms with Crippen LogP contribution >= 0.6 is 0 Å². The van der Waals surface area contributed by atoms with Gasteiger partial charge in [0.1, 0.15) is 11.4 Å². The van der Waals surface area contributed by atoms with E-state index in [2.05, 4.69) is 76.5 Å². The van der Waals surface area contributed by atoms with Crippen molar-refractivity contribution in [2.24, 2.45) is 11.8 Å². The molecular formula is C26H30N2O. The van der Waals surface area contributed by atoms with Crippen molar-refractivity contribution in [3.05, 3.63) is 66.2 Å². The van der Waals surface area contributed by atoms with Crippen LogP contribution in [0.25, 0.3) is 6.08 Å². The Kier molecular flexibility index (Phi) is 4.19. The quantitative estimate of drug-likeness (QED) is 0.734. The van der Waals surface area contributed by atoms with Crippen molar-refractivity contribution in [3.8, 4) is 5.75 Å². The smallest absolute Gasteiger partial charge is 0.128 e. The standard InChI is InChI=1S/C26H30N2O/c1-2-7-23(8-3-1)27-12-14-28(15-13-27)24-16-21-18-26(19-22(21)17-24)11-10-20-6-4-5-9-25(20)29-26/h1-11,21-22,24H,12-19H2. The number of piperazine rings is 1. The predicted molar refractivity (Wildman–Crippen MR) is 118 cm³/mol. The first kappa shape index (κ1) is 17.6. The molecule has 150 valence electrons. The van der Waals surface area contributed by atoms with Crippen LogP contribution in [0, 0.1) is 11.8 Å². The minimum atomic E-state index is -0.0410. The lowest BCUT2D eigenvalue weighted by molar-refractivity contribution is 0.104. The van der Waals surface area contributed by atoms with Gasteiger partial charge in [0.2, 0.25) is 0 Å². The van der Waals surface area contributed by atoms with Crippen molar-refractivity contribution in [2.45, 2.75) is 37.3 Å². The SMILES string of the molecule is C1=CC2(CC3CC(N4CCN(c5ccccc5)CC4)CC3C2)Oc2ccccc21. The third-order valence-electron chi connectivity index (χ3n) is 7.78. The van der Waals surface area contributed by atoms with Gasteiger partial charge in [0.25, 0.3) is 0 Å². The number of fused-ring (bicyclic) bond motifs is 2. The van der Waals surface area contributed by atoms with Crippen LogP contribution in [0.3, 0.4) is 0 Å². The number of nitrogens with zero attached hydrogens (tertiary/aromatic N) is 2.